The number of piperazine rings is 1. The van der Waals surface area contributed by atoms with Gasteiger partial charge in [-0.15, -0.1) is 0 Å². The van der Waals surface area contributed by atoms with Gasteiger partial charge in [0, 0.05) is 38.5 Å². The number of hydrogen-bond donors (Lipinski definition) is 1. The van der Waals surface area contributed by atoms with E-state index in [-0.39, 0.29) is 17.8 Å². The first kappa shape index (κ1) is 17.2. The highest BCUT2D eigenvalue weighted by molar-refractivity contribution is 5.89. The number of urea groups is 1. The van der Waals surface area contributed by atoms with Crippen LogP contribution in [0.2, 0.25) is 0 Å². The van der Waals surface area contributed by atoms with Crippen LogP contribution in [-0.2, 0) is 9.53 Å². The molecular weight excluding hydrogens is 301 g/mol. The summed E-state index contributed by atoms with van der Waals surface area (Å²) in [4.78, 5) is 27.6. The molecule has 23 heavy (non-hydrogen) atoms. The Morgan fingerprint density at radius 1 is 1.17 bits per heavy atom. The molecule has 0 saturated carbocycles. The molecule has 3 amide bonds. The fourth-order valence-corrected chi connectivity index (χ4v) is 2.44. The molecule has 1 aromatic rings. The molecule has 0 aliphatic carbocycles. The van der Waals surface area contributed by atoms with Crippen molar-refractivity contribution >= 4 is 17.6 Å². The third-order valence-electron chi connectivity index (χ3n) is 3.74. The highest BCUT2D eigenvalue weighted by atomic mass is 19.1. The second-order valence-corrected chi connectivity index (χ2v) is 5.35. The van der Waals surface area contributed by atoms with E-state index in [0.717, 1.165) is 0 Å². The van der Waals surface area contributed by atoms with Crippen molar-refractivity contribution in [2.75, 3.05) is 38.1 Å². The van der Waals surface area contributed by atoms with Crippen molar-refractivity contribution in [1.29, 1.82) is 0 Å². The van der Waals surface area contributed by atoms with Crippen molar-refractivity contribution in [1.82, 2.24) is 9.80 Å². The van der Waals surface area contributed by atoms with Crippen LogP contribution in [0.5, 0.6) is 0 Å². The van der Waals surface area contributed by atoms with Gasteiger partial charge in [0.1, 0.15) is 11.9 Å². The van der Waals surface area contributed by atoms with Gasteiger partial charge in [-0.2, -0.15) is 0 Å². The molecule has 126 valence electrons. The van der Waals surface area contributed by atoms with Gasteiger partial charge in [0.2, 0.25) is 0 Å². The molecular formula is C16H22FN3O3. The van der Waals surface area contributed by atoms with Crippen molar-refractivity contribution in [3.05, 3.63) is 30.1 Å². The first-order valence-electron chi connectivity index (χ1n) is 7.73. The number of carbonyl (C=O) groups is 2. The van der Waals surface area contributed by atoms with E-state index in [2.05, 4.69) is 5.32 Å². The van der Waals surface area contributed by atoms with Crippen molar-refractivity contribution in [2.24, 2.45) is 0 Å². The molecule has 1 fully saturated rings. The predicted octanol–water partition coefficient (Wildman–Crippen LogP) is 1.93. The summed E-state index contributed by atoms with van der Waals surface area (Å²) in [5, 5.41) is 2.72. The zero-order chi connectivity index (χ0) is 16.8. The van der Waals surface area contributed by atoms with Gasteiger partial charge in [0.15, 0.2) is 0 Å². The lowest BCUT2D eigenvalue weighted by Crippen LogP contribution is -2.53. The van der Waals surface area contributed by atoms with Gasteiger partial charge in [0.05, 0.1) is 0 Å². The second-order valence-electron chi connectivity index (χ2n) is 5.35. The molecule has 7 heteroatoms. The Labute approximate surface area is 135 Å². The molecule has 2 rings (SSSR count). The van der Waals surface area contributed by atoms with Crippen LogP contribution in [0.3, 0.4) is 0 Å². The number of benzene rings is 1. The van der Waals surface area contributed by atoms with E-state index in [0.29, 0.717) is 38.5 Å². The standard InChI is InChI=1S/C16H22FN3O3/c1-3-23-12(2)15(21)19-8-10-20(11-9-19)16(22)18-14-6-4-13(17)5-7-14/h4-7,12H,3,8-11H2,1-2H3,(H,18,22). The minimum absolute atomic E-state index is 0.0505. The topological polar surface area (TPSA) is 61.9 Å². The van der Waals surface area contributed by atoms with Gasteiger partial charge >= 0.3 is 6.03 Å². The molecule has 1 N–H and O–H groups in total. The third kappa shape index (κ3) is 4.66. The number of rotatable bonds is 4. The van der Waals surface area contributed by atoms with E-state index in [1.54, 1.807) is 16.7 Å². The smallest absolute Gasteiger partial charge is 0.321 e. The Balaban J connectivity index is 1.82. The zero-order valence-electron chi connectivity index (χ0n) is 13.4. The maximum Gasteiger partial charge on any atom is 0.321 e. The fourth-order valence-electron chi connectivity index (χ4n) is 2.44. The summed E-state index contributed by atoms with van der Waals surface area (Å²) in [7, 11) is 0. The number of carbonyl (C=O) groups excluding carboxylic acids is 2. The average molecular weight is 323 g/mol. The lowest BCUT2D eigenvalue weighted by Gasteiger charge is -2.35. The molecule has 1 aliphatic heterocycles. The third-order valence-corrected chi connectivity index (χ3v) is 3.74. The normalized spacial score (nSPS) is 16.1. The highest BCUT2D eigenvalue weighted by Crippen LogP contribution is 2.11. The Morgan fingerprint density at radius 3 is 2.30 bits per heavy atom. The second kappa shape index (κ2) is 7.92. The van der Waals surface area contributed by atoms with Crippen LogP contribution in [-0.4, -0.2) is 60.6 Å². The van der Waals surface area contributed by atoms with Crippen LogP contribution in [0, 0.1) is 5.82 Å². The number of anilines is 1. The van der Waals surface area contributed by atoms with E-state index in [1.807, 2.05) is 6.92 Å². The molecule has 1 aliphatic rings. The molecule has 1 unspecified atom stereocenters. The van der Waals surface area contributed by atoms with Crippen LogP contribution in [0.1, 0.15) is 13.8 Å². The quantitative estimate of drug-likeness (QED) is 0.921. The molecule has 6 nitrogen and oxygen atoms in total. The van der Waals surface area contributed by atoms with Gasteiger partial charge in [0.25, 0.3) is 5.91 Å². The summed E-state index contributed by atoms with van der Waals surface area (Å²) in [6.45, 7) is 5.95. The van der Waals surface area contributed by atoms with Crippen molar-refractivity contribution in [2.45, 2.75) is 20.0 Å². The number of nitrogens with one attached hydrogen (secondary N) is 1. The van der Waals surface area contributed by atoms with Crippen molar-refractivity contribution in [3.63, 3.8) is 0 Å². The van der Waals surface area contributed by atoms with Crippen molar-refractivity contribution < 1.29 is 18.7 Å². The molecule has 1 aromatic carbocycles. The maximum absolute atomic E-state index is 12.8. The van der Waals surface area contributed by atoms with Gasteiger partial charge in [-0.1, -0.05) is 0 Å². The molecule has 0 radical (unpaired) electrons. The van der Waals surface area contributed by atoms with E-state index < -0.39 is 6.10 Å². The van der Waals surface area contributed by atoms with Crippen LogP contribution in [0.15, 0.2) is 24.3 Å². The highest BCUT2D eigenvalue weighted by Gasteiger charge is 2.27. The van der Waals surface area contributed by atoms with Crippen molar-refractivity contribution in [3.8, 4) is 0 Å². The average Bonchev–Trinajstić information content (AvgIpc) is 2.56. The Morgan fingerprint density at radius 2 is 1.74 bits per heavy atom. The summed E-state index contributed by atoms with van der Waals surface area (Å²) in [6.07, 6.45) is -0.459. The molecule has 1 atom stereocenters. The van der Waals surface area contributed by atoms with Gasteiger partial charge in [-0.05, 0) is 38.1 Å². The number of amides is 3. The van der Waals surface area contributed by atoms with Gasteiger partial charge < -0.3 is 19.9 Å². The van der Waals surface area contributed by atoms with E-state index in [9.17, 15) is 14.0 Å². The predicted molar refractivity (Wildman–Crippen MR) is 84.7 cm³/mol. The number of hydrogen-bond acceptors (Lipinski definition) is 3. The lowest BCUT2D eigenvalue weighted by atomic mass is 10.2. The summed E-state index contributed by atoms with van der Waals surface area (Å²) < 4.78 is 18.2. The Hall–Kier alpha value is -2.15. The number of nitrogens with zero attached hydrogens (tertiary/aromatic N) is 2. The molecule has 0 bridgehead atoms. The van der Waals surface area contributed by atoms with E-state index in [4.69, 9.17) is 4.74 Å². The molecule has 1 saturated heterocycles. The molecule has 0 spiro atoms. The minimum Gasteiger partial charge on any atom is -0.369 e. The fraction of sp³-hybridized carbons (Fsp3) is 0.500. The minimum atomic E-state index is -0.459. The number of ether oxygens (including phenoxy) is 1. The lowest BCUT2D eigenvalue weighted by molar-refractivity contribution is -0.143. The molecule has 1 heterocycles. The summed E-state index contributed by atoms with van der Waals surface area (Å²) in [6, 6.07) is 5.36. The summed E-state index contributed by atoms with van der Waals surface area (Å²) in [5.74, 6) is -0.399. The monoisotopic (exact) mass is 323 g/mol. The Bertz CT molecular complexity index is 542. The van der Waals surface area contributed by atoms with Crippen LogP contribution >= 0.6 is 0 Å². The summed E-state index contributed by atoms with van der Waals surface area (Å²) in [5.41, 5.74) is 0.542. The maximum atomic E-state index is 12.8. The van der Waals surface area contributed by atoms with E-state index in [1.165, 1.54) is 24.3 Å². The first-order chi connectivity index (χ1) is 11.0. The first-order valence-corrected chi connectivity index (χ1v) is 7.73. The molecule has 0 aromatic heterocycles. The van der Waals surface area contributed by atoms with Crippen LogP contribution < -0.4 is 5.32 Å². The number of halogens is 1. The van der Waals surface area contributed by atoms with Gasteiger partial charge in [-0.3, -0.25) is 4.79 Å². The Kier molecular flexibility index (Phi) is 5.92. The van der Waals surface area contributed by atoms with E-state index >= 15 is 0 Å². The largest absolute Gasteiger partial charge is 0.369 e. The zero-order valence-corrected chi connectivity index (χ0v) is 13.4. The SMILES string of the molecule is CCOC(C)C(=O)N1CCN(C(=O)Nc2ccc(F)cc2)CC1. The summed E-state index contributed by atoms with van der Waals surface area (Å²) >= 11 is 0. The van der Waals surface area contributed by atoms with Crippen LogP contribution in [0.25, 0.3) is 0 Å². The van der Waals surface area contributed by atoms with Gasteiger partial charge in [-0.25, -0.2) is 9.18 Å². The van der Waals surface area contributed by atoms with Crippen LogP contribution in [0.4, 0.5) is 14.9 Å².